The molecule has 0 saturated heterocycles. The monoisotopic (exact) mass is 403 g/mol. The van der Waals surface area contributed by atoms with Crippen LogP contribution in [0.2, 0.25) is 0 Å². The minimum atomic E-state index is -0.693. The van der Waals surface area contributed by atoms with Gasteiger partial charge in [-0.25, -0.2) is 13.8 Å². The molecule has 0 fully saturated rings. The van der Waals surface area contributed by atoms with Crippen LogP contribution in [0.4, 0.5) is 14.5 Å². The van der Waals surface area contributed by atoms with E-state index >= 15 is 0 Å². The first-order valence-corrected chi connectivity index (χ1v) is 9.22. The Morgan fingerprint density at radius 2 is 1.79 bits per heavy atom. The smallest absolute Gasteiger partial charge is 0.269 e. The highest BCUT2D eigenvalue weighted by atomic mass is 32.2. The average Bonchev–Trinajstić information content (AvgIpc) is 2.67. The minimum absolute atomic E-state index is 0.00943. The molecule has 0 aliphatic carbocycles. The van der Waals surface area contributed by atoms with Gasteiger partial charge in [-0.15, -0.1) is 0 Å². The fourth-order valence-corrected chi connectivity index (χ4v) is 3.37. The Morgan fingerprint density at radius 3 is 2.39 bits per heavy atom. The number of hydrogen-bond donors (Lipinski definition) is 1. The van der Waals surface area contributed by atoms with Crippen LogP contribution in [0.25, 0.3) is 0 Å². The number of hydrogen-bond acceptors (Lipinski definition) is 5. The van der Waals surface area contributed by atoms with Gasteiger partial charge in [0.1, 0.15) is 11.6 Å². The Hall–Kier alpha value is -3.07. The summed E-state index contributed by atoms with van der Waals surface area (Å²) >= 11 is 1.22. The molecule has 1 N–H and O–H groups in total. The highest BCUT2D eigenvalue weighted by Gasteiger charge is 2.15. The third kappa shape index (κ3) is 4.42. The van der Waals surface area contributed by atoms with Crippen molar-refractivity contribution in [2.24, 2.45) is 0 Å². The van der Waals surface area contributed by atoms with Crippen molar-refractivity contribution in [3.05, 3.63) is 97.0 Å². The summed E-state index contributed by atoms with van der Waals surface area (Å²) in [6.07, 6.45) is -0.140. The van der Waals surface area contributed by atoms with E-state index < -0.39 is 16.6 Å². The van der Waals surface area contributed by atoms with Gasteiger partial charge in [-0.1, -0.05) is 30.0 Å². The van der Waals surface area contributed by atoms with Crippen LogP contribution in [0.1, 0.15) is 22.4 Å². The maximum Gasteiger partial charge on any atom is 0.269 e. The minimum Gasteiger partial charge on any atom is -0.301 e. The maximum atomic E-state index is 13.9. The van der Waals surface area contributed by atoms with Crippen LogP contribution in [-0.2, 0) is 12.2 Å². The lowest BCUT2D eigenvalue weighted by Crippen LogP contribution is -2.16. The number of aromatic amines is 1. The summed E-state index contributed by atoms with van der Waals surface area (Å²) in [6.45, 7) is 1.55. The van der Waals surface area contributed by atoms with Crippen LogP contribution in [-0.4, -0.2) is 14.9 Å². The number of aromatic nitrogens is 2. The van der Waals surface area contributed by atoms with E-state index in [1.165, 1.54) is 30.0 Å². The Labute approximate surface area is 162 Å². The van der Waals surface area contributed by atoms with Gasteiger partial charge in [-0.05, 0) is 24.6 Å². The third-order valence-electron chi connectivity index (χ3n) is 4.16. The van der Waals surface area contributed by atoms with Gasteiger partial charge in [0.2, 0.25) is 0 Å². The number of thioether (sulfide) groups is 1. The van der Waals surface area contributed by atoms with E-state index in [-0.39, 0.29) is 23.2 Å². The molecule has 2 aromatic carbocycles. The number of nitro benzene ring substituents is 1. The van der Waals surface area contributed by atoms with Gasteiger partial charge in [0.25, 0.3) is 11.2 Å². The first kappa shape index (κ1) is 19.7. The van der Waals surface area contributed by atoms with Gasteiger partial charge in [-0.3, -0.25) is 14.9 Å². The summed E-state index contributed by atoms with van der Waals surface area (Å²) in [5, 5.41) is 11.0. The predicted octanol–water partition coefficient (Wildman–Crippen LogP) is 4.15. The Balaban J connectivity index is 1.81. The first-order valence-electron chi connectivity index (χ1n) is 8.24. The van der Waals surface area contributed by atoms with Gasteiger partial charge in [0.05, 0.1) is 10.6 Å². The molecular formula is C19H15F2N3O3S. The van der Waals surface area contributed by atoms with Crippen molar-refractivity contribution in [1.29, 1.82) is 0 Å². The fourth-order valence-electron chi connectivity index (χ4n) is 2.53. The number of benzene rings is 2. The lowest BCUT2D eigenvalue weighted by molar-refractivity contribution is -0.384. The van der Waals surface area contributed by atoms with Crippen molar-refractivity contribution in [1.82, 2.24) is 9.97 Å². The van der Waals surface area contributed by atoms with Crippen molar-refractivity contribution < 1.29 is 13.7 Å². The number of non-ortho nitro benzene ring substituents is 1. The second kappa shape index (κ2) is 8.30. The number of nitrogens with one attached hydrogen (secondary N) is 1. The van der Waals surface area contributed by atoms with E-state index in [2.05, 4.69) is 9.97 Å². The summed E-state index contributed by atoms with van der Waals surface area (Å²) < 4.78 is 27.8. The second-order valence-electron chi connectivity index (χ2n) is 6.03. The molecule has 0 amide bonds. The number of nitrogens with zero attached hydrogens (tertiary/aromatic N) is 2. The first-order chi connectivity index (χ1) is 13.3. The average molecular weight is 403 g/mol. The van der Waals surface area contributed by atoms with E-state index in [1.54, 1.807) is 19.1 Å². The Kier molecular flexibility index (Phi) is 5.84. The van der Waals surface area contributed by atoms with Crippen LogP contribution < -0.4 is 5.56 Å². The van der Waals surface area contributed by atoms with E-state index in [0.717, 1.165) is 17.7 Å². The third-order valence-corrected chi connectivity index (χ3v) is 5.10. The lowest BCUT2D eigenvalue weighted by Gasteiger charge is -2.09. The van der Waals surface area contributed by atoms with Crippen LogP contribution in [0.5, 0.6) is 0 Å². The summed E-state index contributed by atoms with van der Waals surface area (Å²) in [5.74, 6) is -0.972. The van der Waals surface area contributed by atoms with E-state index in [9.17, 15) is 23.7 Å². The molecule has 0 spiro atoms. The molecule has 28 heavy (non-hydrogen) atoms. The molecule has 0 radical (unpaired) electrons. The van der Waals surface area contributed by atoms with E-state index in [4.69, 9.17) is 0 Å². The van der Waals surface area contributed by atoms with Crippen molar-refractivity contribution in [3.63, 3.8) is 0 Å². The highest BCUT2D eigenvalue weighted by Crippen LogP contribution is 2.22. The van der Waals surface area contributed by atoms with Gasteiger partial charge >= 0.3 is 0 Å². The summed E-state index contributed by atoms with van der Waals surface area (Å²) in [5.41, 5.74) is 0.856. The zero-order valence-electron chi connectivity index (χ0n) is 14.7. The fraction of sp³-hybridized carbons (Fsp3) is 0.158. The second-order valence-corrected chi connectivity index (χ2v) is 7.00. The molecule has 9 heteroatoms. The predicted molar refractivity (Wildman–Crippen MR) is 101 cm³/mol. The molecule has 144 valence electrons. The normalized spacial score (nSPS) is 10.8. The molecule has 0 unspecified atom stereocenters. The topological polar surface area (TPSA) is 88.9 Å². The highest BCUT2D eigenvalue weighted by molar-refractivity contribution is 7.98. The molecular weight excluding hydrogens is 388 g/mol. The maximum absolute atomic E-state index is 13.9. The Morgan fingerprint density at radius 1 is 1.14 bits per heavy atom. The van der Waals surface area contributed by atoms with E-state index in [0.29, 0.717) is 22.2 Å². The quantitative estimate of drug-likeness (QED) is 0.289. The molecule has 0 bridgehead atoms. The molecule has 3 rings (SSSR count). The molecule has 1 heterocycles. The summed E-state index contributed by atoms with van der Waals surface area (Å²) in [7, 11) is 0. The van der Waals surface area contributed by atoms with Gasteiger partial charge < -0.3 is 4.98 Å². The number of halogens is 2. The van der Waals surface area contributed by atoms with Crippen LogP contribution in [0, 0.1) is 28.7 Å². The Bertz CT molecular complexity index is 1060. The van der Waals surface area contributed by atoms with Gasteiger partial charge in [0, 0.05) is 35.4 Å². The van der Waals surface area contributed by atoms with Gasteiger partial charge in [-0.2, -0.15) is 0 Å². The molecule has 0 aliphatic heterocycles. The van der Waals surface area contributed by atoms with Crippen LogP contribution in [0.3, 0.4) is 0 Å². The van der Waals surface area contributed by atoms with Crippen molar-refractivity contribution in [3.8, 4) is 0 Å². The zero-order valence-corrected chi connectivity index (χ0v) is 15.6. The number of nitro groups is 1. The zero-order chi connectivity index (χ0) is 20.3. The molecule has 6 nitrogen and oxygen atoms in total. The van der Waals surface area contributed by atoms with Crippen molar-refractivity contribution in [2.75, 3.05) is 0 Å². The summed E-state index contributed by atoms with van der Waals surface area (Å²) in [4.78, 5) is 29.4. The SMILES string of the molecule is Cc1c(Cc2c(F)cccc2F)nc(SCc2ccc([N+](=O)[O-])cc2)[nH]c1=O. The molecule has 1 aromatic heterocycles. The van der Waals surface area contributed by atoms with Crippen LogP contribution in [0.15, 0.2) is 52.4 Å². The standard InChI is InChI=1S/C19H15F2N3O3S/c1-11-17(9-14-15(20)3-2-4-16(14)21)22-19(23-18(11)25)28-10-12-5-7-13(8-6-12)24(26)27/h2-8H,9-10H2,1H3,(H,22,23,25). The largest absolute Gasteiger partial charge is 0.301 e. The molecule has 0 atom stereocenters. The molecule has 3 aromatic rings. The number of H-pyrrole nitrogens is 1. The molecule has 0 saturated carbocycles. The number of rotatable bonds is 6. The molecule has 0 aliphatic rings. The van der Waals surface area contributed by atoms with Crippen LogP contribution >= 0.6 is 11.8 Å². The van der Waals surface area contributed by atoms with Gasteiger partial charge in [0.15, 0.2) is 5.16 Å². The van der Waals surface area contributed by atoms with E-state index in [1.807, 2.05) is 0 Å². The van der Waals surface area contributed by atoms with Crippen molar-refractivity contribution >= 4 is 17.4 Å². The van der Waals surface area contributed by atoms with Crippen molar-refractivity contribution in [2.45, 2.75) is 24.3 Å². The summed E-state index contributed by atoms with van der Waals surface area (Å²) in [6, 6.07) is 9.62. The lowest BCUT2D eigenvalue weighted by atomic mass is 10.1.